The summed E-state index contributed by atoms with van der Waals surface area (Å²) in [5.41, 5.74) is 2.88. The fourth-order valence-corrected chi connectivity index (χ4v) is 7.49. The van der Waals surface area contributed by atoms with Crippen molar-refractivity contribution < 1.29 is 18.4 Å². The molecule has 1 fully saturated rings. The van der Waals surface area contributed by atoms with Crippen molar-refractivity contribution in [1.29, 1.82) is 0 Å². The Balaban J connectivity index is 1.20. The molecule has 1 aromatic carbocycles. The Morgan fingerprint density at radius 2 is 1.80 bits per heavy atom. The van der Waals surface area contributed by atoms with Crippen LogP contribution in [0.4, 0.5) is 4.39 Å². The predicted octanol–water partition coefficient (Wildman–Crippen LogP) is 8.91. The number of hydrogen-bond donors (Lipinski definition) is 0. The zero-order valence-corrected chi connectivity index (χ0v) is 27.5. The lowest BCUT2D eigenvalue weighted by Crippen LogP contribution is -2.36. The number of esters is 1. The van der Waals surface area contributed by atoms with E-state index in [-0.39, 0.29) is 28.7 Å². The summed E-state index contributed by atoms with van der Waals surface area (Å²) in [5, 5.41) is 5.20. The van der Waals surface area contributed by atoms with Crippen LogP contribution in [0.15, 0.2) is 27.5 Å². The fourth-order valence-electron chi connectivity index (χ4n) is 7.49. The molecular weight excluding hydrogens is 569 g/mol. The van der Waals surface area contributed by atoms with Crippen molar-refractivity contribution in [1.82, 2.24) is 14.7 Å². The second-order valence-corrected chi connectivity index (χ2v) is 13.7. The zero-order chi connectivity index (χ0) is 31.6. The number of unbranched alkanes of at least 4 members (excludes halogenated alkanes) is 8. The third-order valence-corrected chi connectivity index (χ3v) is 10.4. The summed E-state index contributed by atoms with van der Waals surface area (Å²) < 4.78 is 27.1. The molecule has 0 unspecified atom stereocenters. The predicted molar refractivity (Wildman–Crippen MR) is 175 cm³/mol. The van der Waals surface area contributed by atoms with Gasteiger partial charge in [0.05, 0.1) is 12.3 Å². The standard InChI is InChI=1S/C37H52FN3O4/c1-3-4-5-6-7-8-9-10-11-15-34(42)44-26-37(23-20-30-27(2)39-33-14-12-13-24-41(33)36(30)43)21-18-28(19-22-37)35-31-17-16-29(38)25-32(31)45-40-35/h16-17,25,28H,3-15,18-24,26H2,1-2H3. The van der Waals surface area contributed by atoms with Crippen molar-refractivity contribution in [2.45, 2.75) is 148 Å². The van der Waals surface area contributed by atoms with Gasteiger partial charge in [-0.3, -0.25) is 14.2 Å². The van der Waals surface area contributed by atoms with Gasteiger partial charge in [0.25, 0.3) is 5.56 Å². The molecule has 3 heterocycles. The van der Waals surface area contributed by atoms with Gasteiger partial charge in [0.15, 0.2) is 5.58 Å². The molecule has 2 aliphatic rings. The number of halogens is 1. The van der Waals surface area contributed by atoms with Gasteiger partial charge in [-0.2, -0.15) is 0 Å². The largest absolute Gasteiger partial charge is 0.465 e. The zero-order valence-electron chi connectivity index (χ0n) is 27.5. The summed E-state index contributed by atoms with van der Waals surface area (Å²) in [5.74, 6) is 0.656. The van der Waals surface area contributed by atoms with E-state index >= 15 is 0 Å². The topological polar surface area (TPSA) is 87.2 Å². The normalized spacial score (nSPS) is 19.9. The van der Waals surface area contributed by atoms with E-state index in [2.05, 4.69) is 12.1 Å². The maximum atomic E-state index is 13.7. The molecule has 1 saturated carbocycles. The van der Waals surface area contributed by atoms with E-state index in [1.54, 1.807) is 6.07 Å². The highest BCUT2D eigenvalue weighted by molar-refractivity contribution is 5.79. The number of carbonyl (C=O) groups excluding carboxylic acids is 1. The van der Waals surface area contributed by atoms with E-state index in [0.717, 1.165) is 98.9 Å². The summed E-state index contributed by atoms with van der Waals surface area (Å²) in [7, 11) is 0. The average molecular weight is 622 g/mol. The van der Waals surface area contributed by atoms with Crippen molar-refractivity contribution in [2.75, 3.05) is 6.61 Å². The summed E-state index contributed by atoms with van der Waals surface area (Å²) in [4.78, 5) is 31.2. The molecule has 0 N–H and O–H groups in total. The lowest BCUT2D eigenvalue weighted by Gasteiger charge is -2.39. The van der Waals surface area contributed by atoms with Crippen molar-refractivity contribution in [3.05, 3.63) is 57.1 Å². The van der Waals surface area contributed by atoms with E-state index in [1.165, 1.54) is 57.1 Å². The quantitative estimate of drug-likeness (QED) is 0.117. The highest BCUT2D eigenvalue weighted by Crippen LogP contribution is 2.47. The number of benzene rings is 1. The number of nitrogens with zero attached hydrogens (tertiary/aromatic N) is 3. The molecule has 1 aliphatic carbocycles. The summed E-state index contributed by atoms with van der Waals surface area (Å²) in [6.45, 7) is 5.32. The summed E-state index contributed by atoms with van der Waals surface area (Å²) in [6.07, 6.45) is 19.2. The monoisotopic (exact) mass is 621 g/mol. The van der Waals surface area contributed by atoms with Crippen LogP contribution in [-0.4, -0.2) is 27.3 Å². The van der Waals surface area contributed by atoms with Crippen LogP contribution < -0.4 is 5.56 Å². The van der Waals surface area contributed by atoms with Crippen molar-refractivity contribution in [3.63, 3.8) is 0 Å². The average Bonchev–Trinajstić information content (AvgIpc) is 3.46. The number of aromatic nitrogens is 3. The Bertz CT molecular complexity index is 1470. The third-order valence-electron chi connectivity index (χ3n) is 10.4. The smallest absolute Gasteiger partial charge is 0.305 e. The van der Waals surface area contributed by atoms with Crippen molar-refractivity contribution in [2.24, 2.45) is 5.41 Å². The van der Waals surface area contributed by atoms with Gasteiger partial charge in [-0.05, 0) is 76.8 Å². The van der Waals surface area contributed by atoms with Crippen LogP contribution in [0, 0.1) is 18.2 Å². The molecule has 3 aromatic rings. The molecule has 0 radical (unpaired) electrons. The minimum Gasteiger partial charge on any atom is -0.465 e. The minimum absolute atomic E-state index is 0.102. The molecule has 246 valence electrons. The molecular formula is C37H52FN3O4. The van der Waals surface area contributed by atoms with E-state index < -0.39 is 0 Å². The first-order chi connectivity index (χ1) is 21.9. The number of carbonyl (C=O) groups is 1. The van der Waals surface area contributed by atoms with Gasteiger partial charge < -0.3 is 9.26 Å². The maximum Gasteiger partial charge on any atom is 0.305 e. The molecule has 0 spiro atoms. The molecule has 2 aromatic heterocycles. The molecule has 0 amide bonds. The van der Waals surface area contributed by atoms with E-state index in [0.29, 0.717) is 25.0 Å². The Hall–Kier alpha value is -3.03. The number of aryl methyl sites for hydroxylation is 2. The van der Waals surface area contributed by atoms with Gasteiger partial charge in [-0.25, -0.2) is 9.37 Å². The van der Waals surface area contributed by atoms with E-state index in [9.17, 15) is 14.0 Å². The van der Waals surface area contributed by atoms with Gasteiger partial charge in [0.1, 0.15) is 11.6 Å². The van der Waals surface area contributed by atoms with Gasteiger partial charge in [0, 0.05) is 53.4 Å². The van der Waals surface area contributed by atoms with Crippen LogP contribution in [-0.2, 0) is 28.9 Å². The van der Waals surface area contributed by atoms with Crippen LogP contribution in [0.25, 0.3) is 11.0 Å². The molecule has 45 heavy (non-hydrogen) atoms. The van der Waals surface area contributed by atoms with Crippen molar-refractivity contribution in [3.8, 4) is 0 Å². The molecule has 0 bridgehead atoms. The maximum absolute atomic E-state index is 13.7. The van der Waals surface area contributed by atoms with Crippen LogP contribution in [0.1, 0.15) is 145 Å². The Labute approximate surface area is 267 Å². The van der Waals surface area contributed by atoms with Gasteiger partial charge in [0.2, 0.25) is 0 Å². The number of fused-ring (bicyclic) bond motifs is 2. The van der Waals surface area contributed by atoms with Crippen LogP contribution >= 0.6 is 0 Å². The molecule has 7 nitrogen and oxygen atoms in total. The van der Waals surface area contributed by atoms with Crippen LogP contribution in [0.3, 0.4) is 0 Å². The van der Waals surface area contributed by atoms with E-state index in [1.807, 2.05) is 11.5 Å². The van der Waals surface area contributed by atoms with Gasteiger partial charge >= 0.3 is 5.97 Å². The first-order valence-electron chi connectivity index (χ1n) is 17.7. The Kier molecular flexibility index (Phi) is 11.8. The van der Waals surface area contributed by atoms with Crippen LogP contribution in [0.2, 0.25) is 0 Å². The molecule has 0 saturated heterocycles. The fraction of sp³-hybridized carbons (Fsp3) is 0.676. The second-order valence-electron chi connectivity index (χ2n) is 13.7. The lowest BCUT2D eigenvalue weighted by atomic mass is 9.67. The van der Waals surface area contributed by atoms with Gasteiger partial charge in [-0.15, -0.1) is 0 Å². The lowest BCUT2D eigenvalue weighted by molar-refractivity contribution is -0.148. The third kappa shape index (κ3) is 8.62. The van der Waals surface area contributed by atoms with E-state index in [4.69, 9.17) is 14.2 Å². The molecule has 0 atom stereocenters. The Morgan fingerprint density at radius 1 is 1.07 bits per heavy atom. The first kappa shape index (κ1) is 33.3. The minimum atomic E-state index is -0.333. The van der Waals surface area contributed by atoms with Crippen molar-refractivity contribution >= 4 is 16.9 Å². The number of rotatable bonds is 16. The highest BCUT2D eigenvalue weighted by atomic mass is 19.1. The first-order valence-corrected chi connectivity index (χ1v) is 17.7. The number of ether oxygens (including phenoxy) is 1. The Morgan fingerprint density at radius 3 is 2.56 bits per heavy atom. The number of hydrogen-bond acceptors (Lipinski definition) is 6. The van der Waals surface area contributed by atoms with Crippen LogP contribution in [0.5, 0.6) is 0 Å². The summed E-state index contributed by atoms with van der Waals surface area (Å²) >= 11 is 0. The molecule has 5 rings (SSSR count). The summed E-state index contributed by atoms with van der Waals surface area (Å²) in [6, 6.07) is 4.60. The second kappa shape index (κ2) is 16.0. The highest BCUT2D eigenvalue weighted by Gasteiger charge is 2.38. The molecule has 1 aliphatic heterocycles. The SMILES string of the molecule is CCCCCCCCCCCC(=O)OCC1(CCc2c(C)nc3n(c2=O)CCCC3)CCC(c2noc3cc(F)ccc23)CC1. The molecule has 8 heteroatoms. The van der Waals surface area contributed by atoms with Gasteiger partial charge in [-0.1, -0.05) is 63.4 Å².